The lowest BCUT2D eigenvalue weighted by atomic mass is 9.88. The summed E-state index contributed by atoms with van der Waals surface area (Å²) in [5.41, 5.74) is 5.25. The fourth-order valence-corrected chi connectivity index (χ4v) is 5.03. The van der Waals surface area contributed by atoms with E-state index in [1.807, 2.05) is 17.9 Å². The number of piperidine rings is 1. The molecule has 2 aliphatic heterocycles. The Morgan fingerprint density at radius 3 is 2.74 bits per heavy atom. The lowest BCUT2D eigenvalue weighted by molar-refractivity contribution is -0.174. The van der Waals surface area contributed by atoms with Gasteiger partial charge in [0.15, 0.2) is 0 Å². The van der Waals surface area contributed by atoms with Gasteiger partial charge in [0, 0.05) is 50.4 Å². The van der Waals surface area contributed by atoms with Crippen molar-refractivity contribution in [2.24, 2.45) is 0 Å². The fraction of sp³-hybridized carbons (Fsp3) is 0.480. The summed E-state index contributed by atoms with van der Waals surface area (Å²) in [5, 5.41) is 0. The maximum atomic E-state index is 13.5. The molecular weight excluding hydrogens is 388 g/mol. The molecule has 3 heterocycles. The van der Waals surface area contributed by atoms with Crippen LogP contribution in [0, 0.1) is 6.92 Å². The first-order valence-corrected chi connectivity index (χ1v) is 11.4. The zero-order valence-electron chi connectivity index (χ0n) is 18.4. The highest BCUT2D eigenvalue weighted by atomic mass is 16.5. The molecule has 6 heteroatoms. The van der Waals surface area contributed by atoms with Gasteiger partial charge in [-0.3, -0.25) is 4.79 Å². The predicted molar refractivity (Wildman–Crippen MR) is 121 cm³/mol. The number of aromatic nitrogens is 2. The van der Waals surface area contributed by atoms with Crippen LogP contribution in [0.1, 0.15) is 42.3 Å². The average Bonchev–Trinajstić information content (AvgIpc) is 3.20. The molecule has 0 N–H and O–H groups in total. The molecule has 1 aromatic heterocycles. The number of aryl methyl sites for hydroxylation is 2. The number of morpholine rings is 1. The number of anilines is 1. The van der Waals surface area contributed by atoms with E-state index < -0.39 is 5.60 Å². The molecule has 0 bridgehead atoms. The molecule has 0 saturated carbocycles. The number of carbonyl (C=O) groups excluding carboxylic acids is 1. The number of carbonyl (C=O) groups is 1. The number of allylic oxidation sites excluding steroid dienone is 1. The van der Waals surface area contributed by atoms with Gasteiger partial charge in [-0.2, -0.15) is 0 Å². The fourth-order valence-electron chi connectivity index (χ4n) is 5.03. The Bertz CT molecular complexity index is 1020. The van der Waals surface area contributed by atoms with Crippen molar-refractivity contribution in [1.29, 1.82) is 0 Å². The third-order valence-corrected chi connectivity index (χ3v) is 6.82. The number of hydrogen-bond donors (Lipinski definition) is 0. The molecule has 2 aromatic rings. The van der Waals surface area contributed by atoms with Gasteiger partial charge in [-0.15, -0.1) is 0 Å². The van der Waals surface area contributed by atoms with Gasteiger partial charge in [0.25, 0.3) is 5.91 Å². The van der Waals surface area contributed by atoms with Gasteiger partial charge in [-0.05, 0) is 42.5 Å². The second-order valence-corrected chi connectivity index (χ2v) is 8.80. The van der Waals surface area contributed by atoms with Crippen LogP contribution in [-0.2, 0) is 22.4 Å². The Kier molecular flexibility index (Phi) is 5.26. The maximum Gasteiger partial charge on any atom is 0.255 e. The van der Waals surface area contributed by atoms with Crippen LogP contribution < -0.4 is 4.90 Å². The molecule has 5 rings (SSSR count). The number of benzene rings is 1. The van der Waals surface area contributed by atoms with Gasteiger partial charge in [0.05, 0.1) is 6.61 Å². The molecule has 1 spiro atoms. The van der Waals surface area contributed by atoms with Gasteiger partial charge in [-0.1, -0.05) is 37.3 Å². The van der Waals surface area contributed by atoms with Crippen LogP contribution in [0.5, 0.6) is 0 Å². The van der Waals surface area contributed by atoms with E-state index in [9.17, 15) is 4.79 Å². The van der Waals surface area contributed by atoms with Crippen molar-refractivity contribution in [2.45, 2.75) is 45.1 Å². The first-order chi connectivity index (χ1) is 15.1. The van der Waals surface area contributed by atoms with Crippen molar-refractivity contribution >= 4 is 17.4 Å². The number of fused-ring (bicyclic) bond motifs is 1. The van der Waals surface area contributed by atoms with Crippen molar-refractivity contribution < 1.29 is 9.53 Å². The smallest absolute Gasteiger partial charge is 0.255 e. The lowest BCUT2D eigenvalue weighted by Gasteiger charge is -2.46. The Hall–Kier alpha value is -2.73. The minimum absolute atomic E-state index is 0.142. The Balaban J connectivity index is 1.28. The molecule has 2 fully saturated rings. The molecular formula is C25H30N4O2. The Labute approximate surface area is 183 Å². The zero-order valence-corrected chi connectivity index (χ0v) is 18.4. The molecule has 31 heavy (non-hydrogen) atoms. The summed E-state index contributed by atoms with van der Waals surface area (Å²) >= 11 is 0. The molecule has 1 aromatic carbocycles. The summed E-state index contributed by atoms with van der Waals surface area (Å²) < 4.78 is 6.16. The normalized spacial score (nSPS) is 20.2. The molecule has 0 unspecified atom stereocenters. The number of nitrogens with zero attached hydrogens (tertiary/aromatic N) is 4. The standard InChI is InChI=1S/C25H30N4O2/c1-3-21-16-18(2)26-24(27-21)28-12-10-25(11-13-28)23(30)29(14-15-31-25)17-20-9-8-19-6-4-5-7-22(19)20/h4-7,9,16H,3,8,10-15,17H2,1-2H3. The van der Waals surface area contributed by atoms with Crippen LogP contribution in [0.2, 0.25) is 0 Å². The highest BCUT2D eigenvalue weighted by molar-refractivity contribution is 5.88. The third-order valence-electron chi connectivity index (χ3n) is 6.82. The number of amides is 1. The summed E-state index contributed by atoms with van der Waals surface area (Å²) in [6.45, 7) is 7.52. The molecule has 6 nitrogen and oxygen atoms in total. The zero-order chi connectivity index (χ0) is 21.4. The highest BCUT2D eigenvalue weighted by Crippen LogP contribution is 2.34. The maximum absolute atomic E-state index is 13.5. The topological polar surface area (TPSA) is 58.6 Å². The van der Waals surface area contributed by atoms with Gasteiger partial charge in [0.1, 0.15) is 5.60 Å². The van der Waals surface area contributed by atoms with Crippen molar-refractivity contribution in [3.63, 3.8) is 0 Å². The summed E-state index contributed by atoms with van der Waals surface area (Å²) in [6.07, 6.45) is 5.47. The molecule has 3 aliphatic rings. The van der Waals surface area contributed by atoms with E-state index in [0.717, 1.165) is 43.3 Å². The van der Waals surface area contributed by atoms with Crippen LogP contribution in [0.3, 0.4) is 0 Å². The Morgan fingerprint density at radius 1 is 1.13 bits per heavy atom. The van der Waals surface area contributed by atoms with Crippen molar-refractivity contribution in [1.82, 2.24) is 14.9 Å². The first-order valence-electron chi connectivity index (χ1n) is 11.4. The molecule has 0 atom stereocenters. The van der Waals surface area contributed by atoms with Crippen molar-refractivity contribution in [3.05, 3.63) is 58.9 Å². The van der Waals surface area contributed by atoms with Crippen LogP contribution in [0.25, 0.3) is 5.57 Å². The van der Waals surface area contributed by atoms with Gasteiger partial charge >= 0.3 is 0 Å². The second kappa shape index (κ2) is 8.08. The number of rotatable bonds is 4. The molecule has 2 saturated heterocycles. The quantitative estimate of drug-likeness (QED) is 0.763. The van der Waals surface area contributed by atoms with Crippen LogP contribution in [0.4, 0.5) is 5.95 Å². The van der Waals surface area contributed by atoms with E-state index in [1.165, 1.54) is 16.7 Å². The number of ether oxygens (including phenoxy) is 1. The molecule has 0 radical (unpaired) electrons. The van der Waals surface area contributed by atoms with Gasteiger partial charge in [-0.25, -0.2) is 9.97 Å². The van der Waals surface area contributed by atoms with Crippen molar-refractivity contribution in [3.8, 4) is 0 Å². The summed E-state index contributed by atoms with van der Waals surface area (Å²) in [6, 6.07) is 10.5. The van der Waals surface area contributed by atoms with Crippen LogP contribution >= 0.6 is 0 Å². The Morgan fingerprint density at radius 2 is 1.94 bits per heavy atom. The molecule has 162 valence electrons. The minimum Gasteiger partial charge on any atom is -0.363 e. The van der Waals surface area contributed by atoms with E-state index in [0.29, 0.717) is 32.5 Å². The monoisotopic (exact) mass is 418 g/mol. The first kappa shape index (κ1) is 20.2. The van der Waals surface area contributed by atoms with E-state index in [2.05, 4.69) is 47.1 Å². The van der Waals surface area contributed by atoms with Crippen molar-refractivity contribution in [2.75, 3.05) is 37.7 Å². The second-order valence-electron chi connectivity index (χ2n) is 8.80. The predicted octanol–water partition coefficient (Wildman–Crippen LogP) is 3.18. The number of hydrogen-bond acceptors (Lipinski definition) is 5. The largest absolute Gasteiger partial charge is 0.363 e. The van der Waals surface area contributed by atoms with E-state index in [1.54, 1.807) is 0 Å². The van der Waals surface area contributed by atoms with Gasteiger partial charge in [0.2, 0.25) is 5.95 Å². The average molecular weight is 419 g/mol. The van der Waals surface area contributed by atoms with E-state index >= 15 is 0 Å². The summed E-state index contributed by atoms with van der Waals surface area (Å²) in [4.78, 5) is 27.1. The lowest BCUT2D eigenvalue weighted by Crippen LogP contribution is -2.61. The van der Waals surface area contributed by atoms with E-state index in [-0.39, 0.29) is 5.91 Å². The van der Waals surface area contributed by atoms with E-state index in [4.69, 9.17) is 9.72 Å². The van der Waals surface area contributed by atoms with Crippen LogP contribution in [-0.4, -0.2) is 59.2 Å². The molecule has 1 amide bonds. The summed E-state index contributed by atoms with van der Waals surface area (Å²) in [5.74, 6) is 0.919. The third kappa shape index (κ3) is 3.74. The minimum atomic E-state index is -0.704. The SMILES string of the molecule is CCc1cc(C)nc(N2CCC3(CC2)OCCN(CC2=CCc4ccccc42)C3=O)n1. The highest BCUT2D eigenvalue weighted by Gasteiger charge is 2.47. The van der Waals surface area contributed by atoms with Gasteiger partial charge < -0.3 is 14.5 Å². The van der Waals surface area contributed by atoms with Crippen LogP contribution in [0.15, 0.2) is 36.4 Å². The summed E-state index contributed by atoms with van der Waals surface area (Å²) in [7, 11) is 0. The molecule has 1 aliphatic carbocycles.